The second-order valence-electron chi connectivity index (χ2n) is 7.62. The van der Waals surface area contributed by atoms with Crippen molar-refractivity contribution in [2.45, 2.75) is 33.6 Å². The molecule has 3 heterocycles. The number of allylic oxidation sites excluding steroid dienone is 2. The third-order valence-corrected chi connectivity index (χ3v) is 6.58. The Balaban J connectivity index is 2.05. The van der Waals surface area contributed by atoms with Gasteiger partial charge in [0.1, 0.15) is 10.2 Å². The van der Waals surface area contributed by atoms with Gasteiger partial charge in [-0.05, 0) is 52.0 Å². The molecule has 7 nitrogen and oxygen atoms in total. The highest BCUT2D eigenvalue weighted by Gasteiger charge is 2.41. The lowest BCUT2D eigenvalue weighted by Gasteiger charge is -2.30. The fourth-order valence-corrected chi connectivity index (χ4v) is 5.18. The molecule has 0 unspecified atom stereocenters. The van der Waals surface area contributed by atoms with Crippen molar-refractivity contribution in [3.8, 4) is 11.3 Å². The zero-order chi connectivity index (χ0) is 24.6. The number of halogens is 2. The molecule has 0 atom stereocenters. The normalized spacial score (nSPS) is 14.5. The van der Waals surface area contributed by atoms with Crippen molar-refractivity contribution in [2.24, 2.45) is 0 Å². The third-order valence-electron chi connectivity index (χ3n) is 5.48. The monoisotopic (exact) mass is 503 g/mol. The van der Waals surface area contributed by atoms with Crippen LogP contribution in [0, 0.1) is 5.82 Å². The summed E-state index contributed by atoms with van der Waals surface area (Å²) in [7, 11) is 0. The van der Waals surface area contributed by atoms with Gasteiger partial charge >= 0.3 is 11.9 Å². The molecule has 0 aliphatic carbocycles. The first-order valence-corrected chi connectivity index (χ1v) is 11.9. The lowest BCUT2D eigenvalue weighted by Crippen LogP contribution is -2.33. The number of carbonyl (C=O) groups is 2. The van der Waals surface area contributed by atoms with E-state index in [1.54, 1.807) is 50.4 Å². The van der Waals surface area contributed by atoms with Crippen LogP contribution in [-0.4, -0.2) is 34.5 Å². The highest BCUT2D eigenvalue weighted by Crippen LogP contribution is 2.44. The first kappa shape index (κ1) is 24.0. The Morgan fingerprint density at radius 1 is 1.09 bits per heavy atom. The van der Waals surface area contributed by atoms with Gasteiger partial charge in [-0.15, -0.1) is 0 Å². The lowest BCUT2D eigenvalue weighted by molar-refractivity contribution is -0.139. The van der Waals surface area contributed by atoms with Crippen LogP contribution in [-0.2, 0) is 19.1 Å². The summed E-state index contributed by atoms with van der Waals surface area (Å²) >= 11 is 7.55. The second kappa shape index (κ2) is 9.60. The van der Waals surface area contributed by atoms with Crippen molar-refractivity contribution in [1.82, 2.24) is 14.7 Å². The molecule has 1 aliphatic heterocycles. The van der Waals surface area contributed by atoms with E-state index in [4.69, 9.17) is 26.1 Å². The van der Waals surface area contributed by atoms with Crippen molar-refractivity contribution in [1.29, 1.82) is 0 Å². The van der Waals surface area contributed by atoms with Gasteiger partial charge in [0.25, 0.3) is 0 Å². The van der Waals surface area contributed by atoms with Gasteiger partial charge in [0.2, 0.25) is 0 Å². The number of hydrogen-bond donors (Lipinski definition) is 1. The molecule has 0 amide bonds. The van der Waals surface area contributed by atoms with Crippen LogP contribution in [0.15, 0.2) is 53.0 Å². The highest BCUT2D eigenvalue weighted by molar-refractivity contribution is 7.20. The number of carbonyl (C=O) groups excluding carboxylic acids is 2. The Kier molecular flexibility index (Phi) is 6.77. The quantitative estimate of drug-likeness (QED) is 0.465. The van der Waals surface area contributed by atoms with E-state index >= 15 is 0 Å². The van der Waals surface area contributed by atoms with E-state index in [2.05, 4.69) is 5.32 Å². The first-order chi connectivity index (χ1) is 16.3. The molecule has 34 heavy (non-hydrogen) atoms. The number of ether oxygens (including phenoxy) is 2. The number of hydrogen-bond acceptors (Lipinski definition) is 7. The average molecular weight is 504 g/mol. The van der Waals surface area contributed by atoms with E-state index in [1.165, 1.54) is 23.5 Å². The molecule has 3 aromatic rings. The van der Waals surface area contributed by atoms with Crippen molar-refractivity contribution in [2.75, 3.05) is 13.2 Å². The maximum Gasteiger partial charge on any atom is 0.336 e. The number of nitrogens with one attached hydrogen (secondary N) is 1. The minimum absolute atomic E-state index is 0.163. The molecule has 0 saturated heterocycles. The summed E-state index contributed by atoms with van der Waals surface area (Å²) in [5.41, 5.74) is 3.30. The van der Waals surface area contributed by atoms with Crippen LogP contribution in [0.5, 0.6) is 0 Å². The Hall–Kier alpha value is -3.17. The predicted octanol–water partition coefficient (Wildman–Crippen LogP) is 5.22. The van der Waals surface area contributed by atoms with Gasteiger partial charge in [-0.2, -0.15) is 0 Å². The Morgan fingerprint density at radius 3 is 2.18 bits per heavy atom. The third kappa shape index (κ3) is 4.21. The number of rotatable bonds is 6. The molecular weight excluding hydrogens is 481 g/mol. The summed E-state index contributed by atoms with van der Waals surface area (Å²) in [6, 6.07) is 5.88. The summed E-state index contributed by atoms with van der Waals surface area (Å²) in [5, 5.41) is 3.12. The smallest absolute Gasteiger partial charge is 0.336 e. The molecule has 0 fully saturated rings. The molecule has 178 valence electrons. The maximum absolute atomic E-state index is 13.7. The zero-order valence-electron chi connectivity index (χ0n) is 19.1. The van der Waals surface area contributed by atoms with Crippen molar-refractivity contribution < 1.29 is 23.5 Å². The van der Waals surface area contributed by atoms with E-state index < -0.39 is 17.9 Å². The summed E-state index contributed by atoms with van der Waals surface area (Å²) in [5.74, 6) is -2.37. The van der Waals surface area contributed by atoms with Gasteiger partial charge in [0, 0.05) is 23.2 Å². The number of dihydropyridines is 1. The van der Waals surface area contributed by atoms with E-state index in [0.29, 0.717) is 37.6 Å². The second-order valence-corrected chi connectivity index (χ2v) is 9.26. The molecule has 0 radical (unpaired) electrons. The van der Waals surface area contributed by atoms with Crippen molar-refractivity contribution in [3.63, 3.8) is 0 Å². The SMILES string of the molecule is CCOC(=O)C1=C(C)NC(C)=C(C(=O)OCC)C1c1c(-c2ccc(F)cc2)nc2sc(Cl)cn12. The Bertz CT molecular complexity index is 1300. The zero-order valence-corrected chi connectivity index (χ0v) is 20.6. The van der Waals surface area contributed by atoms with Crippen LogP contribution in [0.3, 0.4) is 0 Å². The maximum atomic E-state index is 13.7. The molecule has 0 spiro atoms. The molecule has 1 aromatic carbocycles. The molecule has 1 N–H and O–H groups in total. The van der Waals surface area contributed by atoms with Crippen LogP contribution < -0.4 is 5.32 Å². The number of aromatic nitrogens is 2. The standard InChI is InChI=1S/C24H23ClFN3O4S/c1-5-32-22(30)17-12(3)27-13(4)18(23(31)33-6-2)19(17)21-20(14-7-9-15(26)10-8-14)28-24-29(21)11-16(25)34-24/h7-11,19,27H,5-6H2,1-4H3. The number of nitrogens with zero attached hydrogens (tertiary/aromatic N) is 2. The number of thiazole rings is 1. The predicted molar refractivity (Wildman–Crippen MR) is 128 cm³/mol. The molecule has 10 heteroatoms. The number of benzene rings is 1. The largest absolute Gasteiger partial charge is 0.463 e. The summed E-state index contributed by atoms with van der Waals surface area (Å²) < 4.78 is 26.7. The molecular formula is C24H23ClFN3O4S. The van der Waals surface area contributed by atoms with Gasteiger partial charge in [0.15, 0.2) is 4.96 Å². The van der Waals surface area contributed by atoms with E-state index in [-0.39, 0.29) is 30.2 Å². The first-order valence-electron chi connectivity index (χ1n) is 10.7. The van der Waals surface area contributed by atoms with Gasteiger partial charge in [-0.25, -0.2) is 19.0 Å². The topological polar surface area (TPSA) is 81.9 Å². The molecule has 2 aromatic heterocycles. The number of imidazole rings is 1. The summed E-state index contributed by atoms with van der Waals surface area (Å²) in [4.78, 5) is 31.7. The van der Waals surface area contributed by atoms with Gasteiger partial charge in [0.05, 0.1) is 41.7 Å². The fourth-order valence-electron chi connectivity index (χ4n) is 4.16. The van der Waals surface area contributed by atoms with E-state index in [9.17, 15) is 14.0 Å². The van der Waals surface area contributed by atoms with Crippen molar-refractivity contribution in [3.05, 3.63) is 68.9 Å². The molecule has 0 saturated carbocycles. The average Bonchev–Trinajstić information content (AvgIpc) is 3.29. The van der Waals surface area contributed by atoms with Gasteiger partial charge in [-0.3, -0.25) is 4.40 Å². The van der Waals surface area contributed by atoms with E-state index in [0.717, 1.165) is 0 Å². The minimum Gasteiger partial charge on any atom is -0.463 e. The molecule has 4 rings (SSSR count). The van der Waals surface area contributed by atoms with E-state index in [1.807, 2.05) is 0 Å². The van der Waals surface area contributed by atoms with Crippen LogP contribution in [0.4, 0.5) is 4.39 Å². The van der Waals surface area contributed by atoms with Crippen LogP contribution >= 0.6 is 22.9 Å². The summed E-state index contributed by atoms with van der Waals surface area (Å²) in [6.45, 7) is 7.26. The fraction of sp³-hybridized carbons (Fsp3) is 0.292. The Labute approximate surface area is 204 Å². The molecule has 1 aliphatic rings. The Morgan fingerprint density at radius 2 is 1.65 bits per heavy atom. The number of esters is 2. The van der Waals surface area contributed by atoms with Crippen LogP contribution in [0.1, 0.15) is 39.3 Å². The molecule has 0 bridgehead atoms. The summed E-state index contributed by atoms with van der Waals surface area (Å²) in [6.07, 6.45) is 1.69. The van der Waals surface area contributed by atoms with Gasteiger partial charge < -0.3 is 14.8 Å². The van der Waals surface area contributed by atoms with Crippen LogP contribution in [0.2, 0.25) is 4.34 Å². The minimum atomic E-state index is -0.861. The van der Waals surface area contributed by atoms with Crippen LogP contribution in [0.25, 0.3) is 16.2 Å². The number of fused-ring (bicyclic) bond motifs is 1. The van der Waals surface area contributed by atoms with Crippen molar-refractivity contribution >= 4 is 39.8 Å². The lowest BCUT2D eigenvalue weighted by atomic mass is 9.81. The highest BCUT2D eigenvalue weighted by atomic mass is 35.5. The van der Waals surface area contributed by atoms with Gasteiger partial charge in [-0.1, -0.05) is 22.9 Å².